The van der Waals surface area contributed by atoms with Crippen molar-refractivity contribution in [2.45, 2.75) is 12.8 Å². The van der Waals surface area contributed by atoms with Crippen molar-refractivity contribution in [2.24, 2.45) is 5.73 Å². The lowest BCUT2D eigenvalue weighted by Gasteiger charge is -2.04. The van der Waals surface area contributed by atoms with Gasteiger partial charge in [0.05, 0.1) is 10.6 Å². The first kappa shape index (κ1) is 8.31. The Morgan fingerprint density at radius 1 is 1.54 bits per heavy atom. The van der Waals surface area contributed by atoms with E-state index >= 15 is 0 Å². The molecule has 4 heteroatoms. The van der Waals surface area contributed by atoms with E-state index < -0.39 is 5.91 Å². The maximum absolute atomic E-state index is 11.1. The fraction of sp³-hybridized carbons (Fsp3) is 0.222. The van der Waals surface area contributed by atoms with Crippen LogP contribution in [0.25, 0.3) is 6.08 Å². The highest BCUT2D eigenvalue weighted by molar-refractivity contribution is 7.16. The van der Waals surface area contributed by atoms with E-state index in [1.54, 1.807) is 0 Å². The molecule has 3 nitrogen and oxygen atoms in total. The molecule has 1 aliphatic carbocycles. The van der Waals surface area contributed by atoms with Crippen molar-refractivity contribution in [3.05, 3.63) is 22.1 Å². The van der Waals surface area contributed by atoms with Crippen molar-refractivity contribution in [3.63, 3.8) is 0 Å². The Labute approximate surface area is 80.0 Å². The van der Waals surface area contributed by atoms with Crippen LogP contribution in [0.3, 0.4) is 0 Å². The second-order valence-electron chi connectivity index (χ2n) is 2.98. The number of rotatable bonds is 1. The van der Waals surface area contributed by atoms with Crippen LogP contribution in [-0.4, -0.2) is 5.91 Å². The van der Waals surface area contributed by atoms with Gasteiger partial charge in [0.15, 0.2) is 0 Å². The standard InChI is InChI=1S/C9H10N2OS/c10-8(12)7-5-3-1-2-4-6(5)13-9(7)11/h1,3H,2,4,11H2,(H2,10,12). The molecule has 0 fully saturated rings. The molecule has 68 valence electrons. The Morgan fingerprint density at radius 3 is 3.00 bits per heavy atom. The van der Waals surface area contributed by atoms with Gasteiger partial charge in [0, 0.05) is 10.4 Å². The van der Waals surface area contributed by atoms with E-state index in [0.717, 1.165) is 18.4 Å². The molecule has 2 rings (SSSR count). The van der Waals surface area contributed by atoms with Gasteiger partial charge in [-0.3, -0.25) is 4.79 Å². The van der Waals surface area contributed by atoms with Crippen LogP contribution in [0.4, 0.5) is 5.00 Å². The van der Waals surface area contributed by atoms with E-state index in [0.29, 0.717) is 10.6 Å². The third kappa shape index (κ3) is 1.23. The molecule has 1 aromatic heterocycles. The molecular formula is C9H10N2OS. The molecular weight excluding hydrogens is 184 g/mol. The number of hydrogen-bond acceptors (Lipinski definition) is 3. The normalized spacial score (nSPS) is 14.2. The number of anilines is 1. The largest absolute Gasteiger partial charge is 0.390 e. The third-order valence-electron chi connectivity index (χ3n) is 2.12. The number of nitrogen functional groups attached to an aromatic ring is 1. The minimum atomic E-state index is -0.429. The molecule has 0 bridgehead atoms. The van der Waals surface area contributed by atoms with Gasteiger partial charge in [0.1, 0.15) is 0 Å². The molecule has 1 aromatic rings. The van der Waals surface area contributed by atoms with Gasteiger partial charge >= 0.3 is 0 Å². The topological polar surface area (TPSA) is 69.1 Å². The minimum Gasteiger partial charge on any atom is -0.390 e. The van der Waals surface area contributed by atoms with E-state index in [2.05, 4.69) is 0 Å². The SMILES string of the molecule is NC(=O)c1c(N)sc2c1C=CCC2. The number of allylic oxidation sites excluding steroid dienone is 1. The molecule has 1 amide bonds. The summed E-state index contributed by atoms with van der Waals surface area (Å²) in [5.74, 6) is -0.429. The van der Waals surface area contributed by atoms with Crippen LogP contribution in [0.1, 0.15) is 27.2 Å². The van der Waals surface area contributed by atoms with Crippen LogP contribution in [0.15, 0.2) is 6.08 Å². The van der Waals surface area contributed by atoms with Crippen molar-refractivity contribution in [1.29, 1.82) is 0 Å². The predicted octanol–water partition coefficient (Wildman–Crippen LogP) is 1.39. The molecule has 4 N–H and O–H groups in total. The van der Waals surface area contributed by atoms with E-state index in [-0.39, 0.29) is 0 Å². The van der Waals surface area contributed by atoms with Gasteiger partial charge in [0.2, 0.25) is 0 Å². The molecule has 0 aliphatic heterocycles. The zero-order valence-electron chi connectivity index (χ0n) is 7.04. The van der Waals surface area contributed by atoms with Crippen LogP contribution in [0.5, 0.6) is 0 Å². The fourth-order valence-corrected chi connectivity index (χ4v) is 2.62. The smallest absolute Gasteiger partial charge is 0.252 e. The second kappa shape index (κ2) is 2.88. The molecule has 0 saturated carbocycles. The van der Waals surface area contributed by atoms with Crippen LogP contribution < -0.4 is 11.5 Å². The second-order valence-corrected chi connectivity index (χ2v) is 4.12. The molecule has 0 unspecified atom stereocenters. The Kier molecular flexibility index (Phi) is 1.84. The number of aryl methyl sites for hydroxylation is 1. The van der Waals surface area contributed by atoms with E-state index in [9.17, 15) is 4.79 Å². The number of fused-ring (bicyclic) bond motifs is 1. The number of hydrogen-bond donors (Lipinski definition) is 2. The summed E-state index contributed by atoms with van der Waals surface area (Å²) in [6.07, 6.45) is 5.96. The Hall–Kier alpha value is -1.29. The van der Waals surface area contributed by atoms with E-state index in [4.69, 9.17) is 11.5 Å². The lowest BCUT2D eigenvalue weighted by molar-refractivity contribution is 0.100. The van der Waals surface area contributed by atoms with Crippen molar-refractivity contribution in [1.82, 2.24) is 0 Å². The van der Waals surface area contributed by atoms with E-state index in [1.165, 1.54) is 16.2 Å². The van der Waals surface area contributed by atoms with Gasteiger partial charge < -0.3 is 11.5 Å². The van der Waals surface area contributed by atoms with Crippen LogP contribution in [0.2, 0.25) is 0 Å². The molecule has 0 saturated heterocycles. The van der Waals surface area contributed by atoms with Gasteiger partial charge in [-0.1, -0.05) is 12.2 Å². The number of amides is 1. The lowest BCUT2D eigenvalue weighted by atomic mass is 10.0. The van der Waals surface area contributed by atoms with Crippen LogP contribution in [-0.2, 0) is 6.42 Å². The highest BCUT2D eigenvalue weighted by atomic mass is 32.1. The molecule has 0 spiro atoms. The molecule has 13 heavy (non-hydrogen) atoms. The highest BCUT2D eigenvalue weighted by Gasteiger charge is 2.19. The van der Waals surface area contributed by atoms with Crippen molar-refractivity contribution < 1.29 is 4.79 Å². The Morgan fingerprint density at radius 2 is 2.31 bits per heavy atom. The van der Waals surface area contributed by atoms with E-state index in [1.807, 2.05) is 12.2 Å². The zero-order valence-corrected chi connectivity index (χ0v) is 7.86. The average Bonchev–Trinajstić information content (AvgIpc) is 2.39. The first-order valence-corrected chi connectivity index (χ1v) is 4.89. The summed E-state index contributed by atoms with van der Waals surface area (Å²) in [6.45, 7) is 0. The third-order valence-corrected chi connectivity index (χ3v) is 3.21. The van der Waals surface area contributed by atoms with Gasteiger partial charge in [-0.25, -0.2) is 0 Å². The predicted molar refractivity (Wildman–Crippen MR) is 54.6 cm³/mol. The number of carbonyl (C=O) groups is 1. The monoisotopic (exact) mass is 194 g/mol. The summed E-state index contributed by atoms with van der Waals surface area (Å²) in [5, 5.41) is 0.545. The molecule has 0 aromatic carbocycles. The minimum absolute atomic E-state index is 0.429. The average molecular weight is 194 g/mol. The van der Waals surface area contributed by atoms with Crippen LogP contribution in [0, 0.1) is 0 Å². The Bertz CT molecular complexity index is 393. The molecule has 1 aliphatic rings. The first-order valence-electron chi connectivity index (χ1n) is 4.07. The summed E-state index contributed by atoms with van der Waals surface area (Å²) in [6, 6.07) is 0. The van der Waals surface area contributed by atoms with Gasteiger partial charge in [-0.2, -0.15) is 0 Å². The van der Waals surface area contributed by atoms with Crippen molar-refractivity contribution in [2.75, 3.05) is 5.73 Å². The van der Waals surface area contributed by atoms with Gasteiger partial charge in [0.25, 0.3) is 5.91 Å². The molecule has 0 radical (unpaired) electrons. The molecule has 1 heterocycles. The van der Waals surface area contributed by atoms with Crippen LogP contribution >= 0.6 is 11.3 Å². The van der Waals surface area contributed by atoms with Crippen molar-refractivity contribution in [3.8, 4) is 0 Å². The maximum Gasteiger partial charge on any atom is 0.252 e. The quantitative estimate of drug-likeness (QED) is 0.709. The summed E-state index contributed by atoms with van der Waals surface area (Å²) in [7, 11) is 0. The fourth-order valence-electron chi connectivity index (χ4n) is 1.54. The number of nitrogens with two attached hydrogens (primary N) is 2. The maximum atomic E-state index is 11.1. The lowest BCUT2D eigenvalue weighted by Crippen LogP contribution is -2.13. The first-order chi connectivity index (χ1) is 6.20. The van der Waals surface area contributed by atoms with Gasteiger partial charge in [-0.05, 0) is 12.8 Å². The summed E-state index contributed by atoms with van der Waals surface area (Å²) >= 11 is 1.47. The van der Waals surface area contributed by atoms with Crippen molar-refractivity contribution >= 4 is 28.3 Å². The summed E-state index contributed by atoms with van der Waals surface area (Å²) in [4.78, 5) is 12.2. The number of thiophene rings is 1. The van der Waals surface area contributed by atoms with Gasteiger partial charge in [-0.15, -0.1) is 11.3 Å². The Balaban J connectivity index is 2.63. The summed E-state index contributed by atoms with van der Waals surface area (Å²) in [5.41, 5.74) is 12.4. The number of primary amides is 1. The number of carbonyl (C=O) groups excluding carboxylic acids is 1. The summed E-state index contributed by atoms with van der Waals surface area (Å²) < 4.78 is 0. The molecule has 0 atom stereocenters. The zero-order chi connectivity index (χ0) is 9.42. The highest BCUT2D eigenvalue weighted by Crippen LogP contribution is 2.34.